The lowest BCUT2D eigenvalue weighted by Crippen LogP contribution is -2.47. The van der Waals surface area contributed by atoms with Crippen molar-refractivity contribution in [3.05, 3.63) is 0 Å². The molecule has 1 fully saturated rings. The highest BCUT2D eigenvalue weighted by Gasteiger charge is 2.28. The van der Waals surface area contributed by atoms with Gasteiger partial charge in [0.2, 0.25) is 5.91 Å². The first-order valence-corrected chi connectivity index (χ1v) is 8.13. The number of amides is 2. The normalized spacial score (nSPS) is 17.1. The first-order chi connectivity index (χ1) is 10.7. The first-order valence-electron chi connectivity index (χ1n) is 8.13. The van der Waals surface area contributed by atoms with Gasteiger partial charge in [-0.2, -0.15) is 0 Å². The third kappa shape index (κ3) is 9.67. The molecule has 0 bridgehead atoms. The van der Waals surface area contributed by atoms with E-state index in [4.69, 9.17) is 14.3 Å². The summed E-state index contributed by atoms with van der Waals surface area (Å²) in [7, 11) is 3.01. The number of rotatable bonds is 4. The molecule has 0 aromatic rings. The minimum Gasteiger partial charge on any atom is -0.444 e. The summed E-state index contributed by atoms with van der Waals surface area (Å²) in [5.41, 5.74) is -0.512. The lowest BCUT2D eigenvalue weighted by atomic mass is 10.1. The summed E-state index contributed by atoms with van der Waals surface area (Å²) in [5.74, 6) is -0.115. The van der Waals surface area contributed by atoms with Crippen LogP contribution in [0.3, 0.4) is 0 Å². The van der Waals surface area contributed by atoms with Gasteiger partial charge >= 0.3 is 6.09 Å². The van der Waals surface area contributed by atoms with Gasteiger partial charge in [0.05, 0.1) is 26.4 Å². The van der Waals surface area contributed by atoms with Crippen LogP contribution in [0, 0.1) is 0 Å². The number of ether oxygens (including phenoxy) is 2. The molecule has 0 aromatic heterocycles. The lowest BCUT2D eigenvalue weighted by molar-refractivity contribution is -0.169. The molecular weight excluding hydrogens is 319 g/mol. The average molecular weight is 352 g/mol. The monoisotopic (exact) mass is 352 g/mol. The summed E-state index contributed by atoms with van der Waals surface area (Å²) >= 11 is 0. The fraction of sp³-hybridized carbons (Fsp3) is 0.875. The summed E-state index contributed by atoms with van der Waals surface area (Å²) < 4.78 is 10.9. The van der Waals surface area contributed by atoms with Crippen LogP contribution in [-0.4, -0.2) is 67.5 Å². The minimum absolute atomic E-state index is 0. The van der Waals surface area contributed by atoms with E-state index >= 15 is 0 Å². The molecule has 0 unspecified atom stereocenters. The standard InChI is InChI=1S/C14H26N2O5.C2H6.FH/c1-14(2,3)21-13(18)16-8-9-20-11(10-16)6-7-12(17)15(4)19-5;1-2;/h11H,6-10H2,1-5H3;1-2H3;1H/t11-;;/m0../s1. The molecule has 1 heterocycles. The second-order valence-corrected chi connectivity index (χ2v) is 6.03. The smallest absolute Gasteiger partial charge is 0.410 e. The molecule has 7 nitrogen and oxygen atoms in total. The predicted molar refractivity (Wildman–Crippen MR) is 90.4 cm³/mol. The van der Waals surface area contributed by atoms with Crippen molar-refractivity contribution >= 4 is 12.0 Å². The molecule has 0 spiro atoms. The number of carbonyl (C=O) groups is 2. The van der Waals surface area contributed by atoms with E-state index in [9.17, 15) is 9.59 Å². The molecule has 1 aliphatic rings. The molecule has 1 rings (SSSR count). The van der Waals surface area contributed by atoms with Crippen LogP contribution in [0.2, 0.25) is 0 Å². The summed E-state index contributed by atoms with van der Waals surface area (Å²) in [4.78, 5) is 30.1. The largest absolute Gasteiger partial charge is 0.444 e. The number of nitrogens with zero attached hydrogens (tertiary/aromatic N) is 2. The van der Waals surface area contributed by atoms with E-state index in [0.29, 0.717) is 32.5 Å². The zero-order valence-electron chi connectivity index (χ0n) is 16.0. The van der Waals surface area contributed by atoms with Gasteiger partial charge in [-0.1, -0.05) is 13.8 Å². The molecule has 0 saturated carbocycles. The molecule has 8 heteroatoms. The molecule has 0 radical (unpaired) electrons. The Morgan fingerprint density at radius 3 is 2.38 bits per heavy atom. The number of hydrogen-bond donors (Lipinski definition) is 0. The molecule has 2 amide bonds. The molecule has 144 valence electrons. The highest BCUT2D eigenvalue weighted by Crippen LogP contribution is 2.15. The van der Waals surface area contributed by atoms with Crippen LogP contribution in [0.4, 0.5) is 9.50 Å². The van der Waals surface area contributed by atoms with Gasteiger partial charge in [-0.25, -0.2) is 9.86 Å². The van der Waals surface area contributed by atoms with Crippen LogP contribution in [0.25, 0.3) is 0 Å². The number of morpholine rings is 1. The van der Waals surface area contributed by atoms with Crippen molar-refractivity contribution in [3.8, 4) is 0 Å². The Kier molecular flexibility index (Phi) is 12.4. The second-order valence-electron chi connectivity index (χ2n) is 6.03. The lowest BCUT2D eigenvalue weighted by Gasteiger charge is -2.34. The molecule has 1 atom stereocenters. The van der Waals surface area contributed by atoms with E-state index in [-0.39, 0.29) is 22.8 Å². The third-order valence-corrected chi connectivity index (χ3v) is 3.10. The Balaban J connectivity index is 0. The summed E-state index contributed by atoms with van der Waals surface area (Å²) in [6.07, 6.45) is 0.375. The van der Waals surface area contributed by atoms with Crippen LogP contribution < -0.4 is 0 Å². The van der Waals surface area contributed by atoms with E-state index in [2.05, 4.69) is 0 Å². The highest BCUT2D eigenvalue weighted by molar-refractivity contribution is 5.74. The van der Waals surface area contributed by atoms with Crippen molar-refractivity contribution in [1.82, 2.24) is 9.96 Å². The zero-order chi connectivity index (χ0) is 18.0. The van der Waals surface area contributed by atoms with E-state index in [1.165, 1.54) is 12.2 Å². The maximum atomic E-state index is 12.0. The van der Waals surface area contributed by atoms with Gasteiger partial charge < -0.3 is 14.4 Å². The molecule has 1 aliphatic heterocycles. The van der Waals surface area contributed by atoms with Gasteiger partial charge in [-0.05, 0) is 27.2 Å². The Morgan fingerprint density at radius 2 is 1.88 bits per heavy atom. The maximum Gasteiger partial charge on any atom is 0.410 e. The van der Waals surface area contributed by atoms with E-state index in [1.807, 2.05) is 34.6 Å². The van der Waals surface area contributed by atoms with Crippen molar-refractivity contribution in [3.63, 3.8) is 0 Å². The maximum absolute atomic E-state index is 12.0. The van der Waals surface area contributed by atoms with Crippen LogP contribution in [0.15, 0.2) is 0 Å². The minimum atomic E-state index is -0.512. The topological polar surface area (TPSA) is 68.3 Å². The van der Waals surface area contributed by atoms with Gasteiger partial charge in [0, 0.05) is 20.0 Å². The van der Waals surface area contributed by atoms with Gasteiger partial charge in [0.15, 0.2) is 0 Å². The van der Waals surface area contributed by atoms with Crippen LogP contribution >= 0.6 is 0 Å². The number of halogens is 1. The van der Waals surface area contributed by atoms with Crippen molar-refractivity contribution in [2.24, 2.45) is 0 Å². The van der Waals surface area contributed by atoms with Crippen LogP contribution in [0.1, 0.15) is 47.5 Å². The Bertz CT molecular complexity index is 374. The molecule has 1 saturated heterocycles. The fourth-order valence-corrected chi connectivity index (χ4v) is 1.93. The van der Waals surface area contributed by atoms with Gasteiger partial charge in [-0.3, -0.25) is 14.3 Å². The van der Waals surface area contributed by atoms with E-state index in [1.54, 1.807) is 11.9 Å². The first kappa shape index (κ1) is 24.8. The predicted octanol–water partition coefficient (Wildman–Crippen LogP) is 2.60. The van der Waals surface area contributed by atoms with Crippen LogP contribution in [-0.2, 0) is 19.1 Å². The number of hydrogen-bond acceptors (Lipinski definition) is 5. The number of hydroxylamine groups is 2. The molecule has 0 aliphatic carbocycles. The summed E-state index contributed by atoms with van der Waals surface area (Å²) in [5, 5.41) is 1.19. The Hall–Kier alpha value is -1.41. The molecular formula is C16H33FN2O5. The van der Waals surface area contributed by atoms with Gasteiger partial charge in [0.25, 0.3) is 0 Å². The van der Waals surface area contributed by atoms with Crippen molar-refractivity contribution in [2.75, 3.05) is 33.9 Å². The number of carbonyl (C=O) groups excluding carboxylic acids is 2. The summed E-state index contributed by atoms with van der Waals surface area (Å²) in [6.45, 7) is 10.9. The van der Waals surface area contributed by atoms with E-state index < -0.39 is 5.60 Å². The third-order valence-electron chi connectivity index (χ3n) is 3.10. The van der Waals surface area contributed by atoms with E-state index in [0.717, 1.165) is 0 Å². The Labute approximate surface area is 144 Å². The zero-order valence-corrected chi connectivity index (χ0v) is 16.0. The van der Waals surface area contributed by atoms with Crippen molar-refractivity contribution in [2.45, 2.75) is 59.2 Å². The Morgan fingerprint density at radius 1 is 1.29 bits per heavy atom. The second kappa shape index (κ2) is 12.0. The molecule has 24 heavy (non-hydrogen) atoms. The quantitative estimate of drug-likeness (QED) is 0.728. The van der Waals surface area contributed by atoms with Gasteiger partial charge in [-0.15, -0.1) is 0 Å². The SMILES string of the molecule is CC.CON(C)C(=O)CC[C@H]1CN(C(=O)OC(C)(C)C)CCO1.F. The van der Waals surface area contributed by atoms with Crippen molar-refractivity contribution < 1.29 is 28.6 Å². The average Bonchev–Trinajstić information content (AvgIpc) is 2.52. The van der Waals surface area contributed by atoms with Crippen molar-refractivity contribution in [1.29, 1.82) is 0 Å². The summed E-state index contributed by atoms with van der Waals surface area (Å²) in [6, 6.07) is 0. The molecule has 0 N–H and O–H groups in total. The fourth-order valence-electron chi connectivity index (χ4n) is 1.93. The van der Waals surface area contributed by atoms with Crippen LogP contribution in [0.5, 0.6) is 0 Å². The van der Waals surface area contributed by atoms with Gasteiger partial charge in [0.1, 0.15) is 5.60 Å². The molecule has 0 aromatic carbocycles. The highest BCUT2D eigenvalue weighted by atomic mass is 19.0.